The van der Waals surface area contributed by atoms with Gasteiger partial charge in [-0.2, -0.15) is 5.10 Å². The Labute approximate surface area is 147 Å². The van der Waals surface area contributed by atoms with Crippen molar-refractivity contribution in [1.82, 2.24) is 25.2 Å². The van der Waals surface area contributed by atoms with Crippen molar-refractivity contribution in [3.63, 3.8) is 0 Å². The molecule has 0 aliphatic carbocycles. The Hall–Kier alpha value is -2.38. The van der Waals surface area contributed by atoms with Gasteiger partial charge in [0.05, 0.1) is 0 Å². The van der Waals surface area contributed by atoms with Crippen LogP contribution in [0.1, 0.15) is 11.4 Å². The monoisotopic (exact) mass is 340 g/mol. The van der Waals surface area contributed by atoms with Gasteiger partial charge in [0.1, 0.15) is 5.71 Å². The molecular weight excluding hydrogens is 320 g/mol. The van der Waals surface area contributed by atoms with Crippen LogP contribution in [0.2, 0.25) is 0 Å². The van der Waals surface area contributed by atoms with Gasteiger partial charge in [-0.25, -0.2) is 9.97 Å². The minimum atomic E-state index is 0.567. The molecule has 1 fully saturated rings. The summed E-state index contributed by atoms with van der Waals surface area (Å²) in [4.78, 5) is 13.0. The van der Waals surface area contributed by atoms with E-state index >= 15 is 0 Å². The number of hydrogen-bond acceptors (Lipinski definition) is 5. The third kappa shape index (κ3) is 4.12. The number of rotatable bonds is 3. The largest absolute Gasteiger partial charge is 0.345 e. The van der Waals surface area contributed by atoms with Crippen LogP contribution in [0.5, 0.6) is 0 Å². The molecule has 1 aliphatic heterocycles. The molecule has 0 spiro atoms. The highest BCUT2D eigenvalue weighted by Gasteiger charge is 2.16. The van der Waals surface area contributed by atoms with Crippen LogP contribution < -0.4 is 5.43 Å². The van der Waals surface area contributed by atoms with Crippen molar-refractivity contribution >= 4 is 23.0 Å². The summed E-state index contributed by atoms with van der Waals surface area (Å²) >= 11 is 5.48. The number of nitrogens with one attached hydrogen (secondary N) is 1. The fraction of sp³-hybridized carbons (Fsp3) is 0.294. The number of aromatic nitrogens is 2. The Morgan fingerprint density at radius 3 is 2.38 bits per heavy atom. The Kier molecular flexibility index (Phi) is 5.45. The molecule has 0 unspecified atom stereocenters. The number of likely N-dealkylation sites (N-methyl/N-ethyl adjacent to an activating group) is 1. The zero-order valence-electron chi connectivity index (χ0n) is 13.6. The van der Waals surface area contributed by atoms with E-state index in [1.807, 2.05) is 30.3 Å². The van der Waals surface area contributed by atoms with Gasteiger partial charge in [-0.05, 0) is 25.3 Å². The van der Waals surface area contributed by atoms with Crippen LogP contribution >= 0.6 is 12.2 Å². The summed E-state index contributed by atoms with van der Waals surface area (Å²) in [6.07, 6.45) is 3.42. The maximum absolute atomic E-state index is 5.48. The van der Waals surface area contributed by atoms with Gasteiger partial charge in [-0.1, -0.05) is 30.3 Å². The Bertz CT molecular complexity index is 654. The molecule has 1 saturated heterocycles. The Balaban J connectivity index is 1.78. The Morgan fingerprint density at radius 1 is 1.04 bits per heavy atom. The summed E-state index contributed by atoms with van der Waals surface area (Å²) in [7, 11) is 2.12. The molecule has 3 rings (SSSR count). The van der Waals surface area contributed by atoms with Crippen molar-refractivity contribution in [2.24, 2.45) is 5.10 Å². The fourth-order valence-electron chi connectivity index (χ4n) is 2.45. The summed E-state index contributed by atoms with van der Waals surface area (Å²) in [5.41, 5.74) is 4.63. The van der Waals surface area contributed by atoms with Gasteiger partial charge < -0.3 is 9.80 Å². The van der Waals surface area contributed by atoms with Gasteiger partial charge in [0.25, 0.3) is 0 Å². The molecule has 6 nitrogen and oxygen atoms in total. The predicted molar refractivity (Wildman–Crippen MR) is 98.9 cm³/mol. The van der Waals surface area contributed by atoms with Crippen molar-refractivity contribution in [3.05, 3.63) is 60.2 Å². The van der Waals surface area contributed by atoms with Crippen LogP contribution in [-0.4, -0.2) is 63.8 Å². The molecule has 1 aliphatic rings. The third-order valence-corrected chi connectivity index (χ3v) is 4.23. The van der Waals surface area contributed by atoms with E-state index < -0.39 is 0 Å². The first kappa shape index (κ1) is 16.5. The molecule has 24 heavy (non-hydrogen) atoms. The van der Waals surface area contributed by atoms with Gasteiger partial charge in [0, 0.05) is 44.1 Å². The topological polar surface area (TPSA) is 56.6 Å². The lowest BCUT2D eigenvalue weighted by Gasteiger charge is -2.33. The van der Waals surface area contributed by atoms with Crippen LogP contribution in [0.25, 0.3) is 0 Å². The van der Waals surface area contributed by atoms with Crippen LogP contribution in [0.4, 0.5) is 0 Å². The molecule has 2 aromatic rings. The van der Waals surface area contributed by atoms with E-state index in [1.165, 1.54) is 0 Å². The highest BCUT2D eigenvalue weighted by Crippen LogP contribution is 2.07. The molecule has 1 aromatic heterocycles. The first-order valence-corrected chi connectivity index (χ1v) is 8.29. The SMILES string of the molecule is CN1CCN(C(=S)N/N=C(/c2ccccc2)c2ncccn2)CC1. The lowest BCUT2D eigenvalue weighted by molar-refractivity contribution is 0.214. The second kappa shape index (κ2) is 7.94. The molecule has 0 atom stereocenters. The highest BCUT2D eigenvalue weighted by atomic mass is 32.1. The van der Waals surface area contributed by atoms with Crippen LogP contribution in [-0.2, 0) is 0 Å². The average Bonchev–Trinajstić information content (AvgIpc) is 2.64. The number of benzene rings is 1. The maximum Gasteiger partial charge on any atom is 0.189 e. The van der Waals surface area contributed by atoms with E-state index in [0.717, 1.165) is 31.7 Å². The summed E-state index contributed by atoms with van der Waals surface area (Å²) in [5, 5.41) is 5.14. The number of nitrogens with zero attached hydrogens (tertiary/aromatic N) is 5. The van der Waals surface area contributed by atoms with Crippen LogP contribution in [0.15, 0.2) is 53.9 Å². The molecular formula is C17H20N6S. The second-order valence-corrected chi connectivity index (χ2v) is 5.99. The summed E-state index contributed by atoms with van der Waals surface area (Å²) < 4.78 is 0. The predicted octanol–water partition coefficient (Wildman–Crippen LogP) is 1.35. The van der Waals surface area contributed by atoms with Crippen molar-refractivity contribution in [2.45, 2.75) is 0 Å². The molecule has 2 heterocycles. The minimum absolute atomic E-state index is 0.567. The average molecular weight is 340 g/mol. The normalized spacial score (nSPS) is 16.0. The third-order valence-electron chi connectivity index (χ3n) is 3.88. The molecule has 0 radical (unpaired) electrons. The van der Waals surface area contributed by atoms with Gasteiger partial charge in [0.15, 0.2) is 10.9 Å². The number of hydrogen-bond donors (Lipinski definition) is 1. The smallest absolute Gasteiger partial charge is 0.189 e. The summed E-state index contributed by atoms with van der Waals surface area (Å²) in [6, 6.07) is 11.6. The van der Waals surface area contributed by atoms with Crippen molar-refractivity contribution in [3.8, 4) is 0 Å². The van der Waals surface area contributed by atoms with E-state index in [0.29, 0.717) is 16.6 Å². The molecule has 0 bridgehead atoms. The van der Waals surface area contributed by atoms with E-state index in [-0.39, 0.29) is 0 Å². The maximum atomic E-state index is 5.48. The minimum Gasteiger partial charge on any atom is -0.345 e. The number of piperazine rings is 1. The van der Waals surface area contributed by atoms with Crippen molar-refractivity contribution in [2.75, 3.05) is 33.2 Å². The van der Waals surface area contributed by atoms with E-state index in [1.54, 1.807) is 18.5 Å². The first-order chi connectivity index (χ1) is 11.7. The molecule has 0 amide bonds. The summed E-state index contributed by atoms with van der Waals surface area (Å²) in [6.45, 7) is 3.80. The van der Waals surface area contributed by atoms with Gasteiger partial charge >= 0.3 is 0 Å². The number of thiocarbonyl (C=S) groups is 1. The van der Waals surface area contributed by atoms with Gasteiger partial charge in [0.2, 0.25) is 0 Å². The summed E-state index contributed by atoms with van der Waals surface area (Å²) in [5.74, 6) is 0.567. The van der Waals surface area contributed by atoms with Crippen molar-refractivity contribution < 1.29 is 0 Å². The molecule has 124 valence electrons. The second-order valence-electron chi connectivity index (χ2n) is 5.61. The van der Waals surface area contributed by atoms with Crippen LogP contribution in [0, 0.1) is 0 Å². The highest BCUT2D eigenvalue weighted by molar-refractivity contribution is 7.80. The van der Waals surface area contributed by atoms with Crippen molar-refractivity contribution in [1.29, 1.82) is 0 Å². The lowest BCUT2D eigenvalue weighted by atomic mass is 10.1. The zero-order valence-corrected chi connectivity index (χ0v) is 14.4. The van der Waals surface area contributed by atoms with Crippen LogP contribution in [0.3, 0.4) is 0 Å². The van der Waals surface area contributed by atoms with E-state index in [9.17, 15) is 0 Å². The molecule has 7 heteroatoms. The van der Waals surface area contributed by atoms with Gasteiger partial charge in [-0.3, -0.25) is 5.43 Å². The Morgan fingerprint density at radius 2 is 1.71 bits per heavy atom. The molecule has 0 saturated carbocycles. The number of hydrazone groups is 1. The van der Waals surface area contributed by atoms with Gasteiger partial charge in [-0.15, -0.1) is 0 Å². The standard InChI is InChI=1S/C17H20N6S/c1-22-10-12-23(13-11-22)17(24)21-20-15(14-6-3-2-4-7-14)16-18-8-5-9-19-16/h2-9H,10-13H2,1H3,(H,21,24)/b20-15-. The molecule has 1 aromatic carbocycles. The zero-order chi connectivity index (χ0) is 16.8. The lowest BCUT2D eigenvalue weighted by Crippen LogP contribution is -2.49. The van der Waals surface area contributed by atoms with E-state index in [2.05, 4.69) is 37.3 Å². The molecule has 1 N–H and O–H groups in total. The van der Waals surface area contributed by atoms with E-state index in [4.69, 9.17) is 12.2 Å². The fourth-order valence-corrected chi connectivity index (χ4v) is 2.67. The first-order valence-electron chi connectivity index (χ1n) is 7.88. The quantitative estimate of drug-likeness (QED) is 0.517.